The van der Waals surface area contributed by atoms with Crippen molar-refractivity contribution in [2.45, 2.75) is 13.0 Å². The quantitative estimate of drug-likeness (QED) is 0.569. The first-order valence-corrected chi connectivity index (χ1v) is 7.17. The molecule has 7 heteroatoms. The molecule has 0 amide bonds. The van der Waals surface area contributed by atoms with Crippen LogP contribution < -0.4 is 5.32 Å². The number of nitrogens with zero attached hydrogens (tertiary/aromatic N) is 1. The summed E-state index contributed by atoms with van der Waals surface area (Å²) >= 11 is 17.9. The molecule has 0 aliphatic rings. The van der Waals surface area contributed by atoms with Crippen LogP contribution in [-0.4, -0.2) is 4.92 Å². The summed E-state index contributed by atoms with van der Waals surface area (Å²) in [6.07, 6.45) is 0. The lowest BCUT2D eigenvalue weighted by Crippen LogP contribution is -2.09. The van der Waals surface area contributed by atoms with Crippen molar-refractivity contribution in [1.29, 1.82) is 0 Å². The lowest BCUT2D eigenvalue weighted by molar-refractivity contribution is -0.384. The van der Waals surface area contributed by atoms with Crippen LogP contribution in [0, 0.1) is 10.1 Å². The topological polar surface area (TPSA) is 55.2 Å². The Morgan fingerprint density at radius 3 is 2.38 bits per heavy atom. The molecule has 2 rings (SSSR count). The highest BCUT2D eigenvalue weighted by Crippen LogP contribution is 2.33. The first-order chi connectivity index (χ1) is 9.88. The van der Waals surface area contributed by atoms with Crippen LogP contribution in [0.15, 0.2) is 36.4 Å². The molecule has 0 bridgehead atoms. The smallest absolute Gasteiger partial charge is 0.293 e. The van der Waals surface area contributed by atoms with Gasteiger partial charge in [-0.25, -0.2) is 0 Å². The highest BCUT2D eigenvalue weighted by molar-refractivity contribution is 6.33. The normalized spacial score (nSPS) is 12.0. The van der Waals surface area contributed by atoms with Crippen molar-refractivity contribution in [3.8, 4) is 0 Å². The maximum absolute atomic E-state index is 11.1. The molecule has 2 aromatic rings. The summed E-state index contributed by atoms with van der Waals surface area (Å²) in [5, 5.41) is 15.5. The Hall–Kier alpha value is -1.49. The van der Waals surface area contributed by atoms with E-state index in [1.54, 1.807) is 30.3 Å². The van der Waals surface area contributed by atoms with Crippen LogP contribution in [0.3, 0.4) is 0 Å². The second-order valence-corrected chi connectivity index (χ2v) is 5.73. The van der Waals surface area contributed by atoms with Gasteiger partial charge in [-0.3, -0.25) is 10.1 Å². The molecule has 0 aliphatic heterocycles. The average molecular weight is 346 g/mol. The van der Waals surface area contributed by atoms with Crippen molar-refractivity contribution in [3.05, 3.63) is 67.1 Å². The molecule has 0 saturated carbocycles. The van der Waals surface area contributed by atoms with E-state index in [0.717, 1.165) is 5.56 Å². The van der Waals surface area contributed by atoms with Crippen LogP contribution in [0.1, 0.15) is 18.5 Å². The molecular weight excluding hydrogens is 335 g/mol. The third-order valence-corrected chi connectivity index (χ3v) is 3.77. The first kappa shape index (κ1) is 15.9. The van der Waals surface area contributed by atoms with Gasteiger partial charge in [0.05, 0.1) is 11.0 Å². The van der Waals surface area contributed by atoms with Gasteiger partial charge in [0, 0.05) is 21.1 Å². The van der Waals surface area contributed by atoms with Gasteiger partial charge < -0.3 is 5.32 Å². The van der Waals surface area contributed by atoms with E-state index in [9.17, 15) is 10.1 Å². The fourth-order valence-electron chi connectivity index (χ4n) is 1.94. The molecule has 4 nitrogen and oxygen atoms in total. The second kappa shape index (κ2) is 6.52. The van der Waals surface area contributed by atoms with Gasteiger partial charge in [0.1, 0.15) is 5.69 Å². The van der Waals surface area contributed by atoms with Gasteiger partial charge in [-0.2, -0.15) is 0 Å². The zero-order valence-electron chi connectivity index (χ0n) is 10.9. The Bertz CT molecular complexity index is 692. The van der Waals surface area contributed by atoms with Crippen LogP contribution in [0.5, 0.6) is 0 Å². The molecule has 0 aromatic heterocycles. The summed E-state index contributed by atoms with van der Waals surface area (Å²) in [5.41, 5.74) is 1.04. The summed E-state index contributed by atoms with van der Waals surface area (Å²) in [6.45, 7) is 1.84. The number of nitro benzene ring substituents is 1. The van der Waals surface area contributed by atoms with E-state index in [1.807, 2.05) is 6.92 Å². The molecule has 1 N–H and O–H groups in total. The standard InChI is InChI=1S/C14H11Cl3N2O2/c1-8(11-6-9(15)2-4-12(11)17)18-13-5-3-10(16)7-14(13)19(20)21/h2-8,18H,1H3. The Morgan fingerprint density at radius 2 is 1.71 bits per heavy atom. The number of benzene rings is 2. The van der Waals surface area contributed by atoms with Crippen LogP contribution in [0.25, 0.3) is 0 Å². The van der Waals surface area contributed by atoms with Gasteiger partial charge in [0.25, 0.3) is 5.69 Å². The van der Waals surface area contributed by atoms with Gasteiger partial charge in [0.2, 0.25) is 0 Å². The SMILES string of the molecule is CC(Nc1ccc(Cl)cc1[N+](=O)[O-])c1cc(Cl)ccc1Cl. The summed E-state index contributed by atoms with van der Waals surface area (Å²) in [7, 11) is 0. The second-order valence-electron chi connectivity index (χ2n) is 4.45. The Balaban J connectivity index is 2.33. The molecule has 0 radical (unpaired) electrons. The van der Waals surface area contributed by atoms with Gasteiger partial charge >= 0.3 is 0 Å². The van der Waals surface area contributed by atoms with E-state index in [4.69, 9.17) is 34.8 Å². The maximum atomic E-state index is 11.1. The van der Waals surface area contributed by atoms with Gasteiger partial charge in [0.15, 0.2) is 0 Å². The molecule has 0 fully saturated rings. The van der Waals surface area contributed by atoms with E-state index in [0.29, 0.717) is 20.8 Å². The van der Waals surface area contributed by atoms with E-state index >= 15 is 0 Å². The van der Waals surface area contributed by atoms with E-state index in [1.165, 1.54) is 6.07 Å². The fraction of sp³-hybridized carbons (Fsp3) is 0.143. The minimum atomic E-state index is -0.486. The van der Waals surface area contributed by atoms with Crippen LogP contribution in [-0.2, 0) is 0 Å². The van der Waals surface area contributed by atoms with Gasteiger partial charge in [-0.15, -0.1) is 0 Å². The minimum Gasteiger partial charge on any atom is -0.373 e. The minimum absolute atomic E-state index is 0.0903. The third kappa shape index (κ3) is 3.79. The number of nitrogens with one attached hydrogen (secondary N) is 1. The van der Waals surface area contributed by atoms with Crippen molar-refractivity contribution in [1.82, 2.24) is 0 Å². The van der Waals surface area contributed by atoms with Crippen LogP contribution >= 0.6 is 34.8 Å². The molecule has 0 spiro atoms. The van der Waals surface area contributed by atoms with E-state index in [2.05, 4.69) is 5.32 Å². The molecule has 0 saturated heterocycles. The van der Waals surface area contributed by atoms with Crippen molar-refractivity contribution >= 4 is 46.2 Å². The molecule has 1 unspecified atom stereocenters. The first-order valence-electron chi connectivity index (χ1n) is 6.04. The Morgan fingerprint density at radius 1 is 1.10 bits per heavy atom. The largest absolute Gasteiger partial charge is 0.373 e. The summed E-state index contributed by atoms with van der Waals surface area (Å²) in [4.78, 5) is 10.6. The summed E-state index contributed by atoms with van der Waals surface area (Å²) in [5.74, 6) is 0. The molecule has 0 heterocycles. The fourth-order valence-corrected chi connectivity index (χ4v) is 2.56. The molecule has 2 aromatic carbocycles. The molecule has 1 atom stereocenters. The summed E-state index contributed by atoms with van der Waals surface area (Å²) in [6, 6.07) is 9.30. The monoisotopic (exact) mass is 344 g/mol. The third-order valence-electron chi connectivity index (χ3n) is 2.95. The predicted molar refractivity (Wildman–Crippen MR) is 86.6 cm³/mol. The number of hydrogen-bond donors (Lipinski definition) is 1. The van der Waals surface area contributed by atoms with E-state index in [-0.39, 0.29) is 11.7 Å². The van der Waals surface area contributed by atoms with E-state index < -0.39 is 4.92 Å². The van der Waals surface area contributed by atoms with Crippen molar-refractivity contribution in [3.63, 3.8) is 0 Å². The van der Waals surface area contributed by atoms with Crippen LogP contribution in [0.2, 0.25) is 15.1 Å². The number of anilines is 1. The lowest BCUT2D eigenvalue weighted by Gasteiger charge is -2.17. The Kier molecular flexibility index (Phi) is 4.93. The Labute approximate surface area is 136 Å². The van der Waals surface area contributed by atoms with Gasteiger partial charge in [-0.1, -0.05) is 34.8 Å². The molecule has 21 heavy (non-hydrogen) atoms. The highest BCUT2D eigenvalue weighted by atomic mass is 35.5. The number of hydrogen-bond acceptors (Lipinski definition) is 3. The van der Waals surface area contributed by atoms with Crippen molar-refractivity contribution in [2.75, 3.05) is 5.32 Å². The lowest BCUT2D eigenvalue weighted by atomic mass is 10.1. The zero-order chi connectivity index (χ0) is 15.6. The zero-order valence-corrected chi connectivity index (χ0v) is 13.2. The predicted octanol–water partition coefficient (Wildman–Crippen LogP) is 5.73. The van der Waals surface area contributed by atoms with Crippen molar-refractivity contribution < 1.29 is 4.92 Å². The number of halogens is 3. The highest BCUT2D eigenvalue weighted by Gasteiger charge is 2.18. The number of rotatable bonds is 4. The van der Waals surface area contributed by atoms with Gasteiger partial charge in [-0.05, 0) is 42.8 Å². The average Bonchev–Trinajstić information content (AvgIpc) is 2.43. The summed E-state index contributed by atoms with van der Waals surface area (Å²) < 4.78 is 0. The molecular formula is C14H11Cl3N2O2. The number of nitro groups is 1. The maximum Gasteiger partial charge on any atom is 0.293 e. The molecule has 0 aliphatic carbocycles. The van der Waals surface area contributed by atoms with Crippen LogP contribution in [0.4, 0.5) is 11.4 Å². The molecule has 110 valence electrons. The van der Waals surface area contributed by atoms with Crippen molar-refractivity contribution in [2.24, 2.45) is 0 Å².